The zero-order chi connectivity index (χ0) is 14.4. The van der Waals surface area contributed by atoms with E-state index in [0.29, 0.717) is 5.92 Å². The van der Waals surface area contributed by atoms with Crippen LogP contribution in [0.25, 0.3) is 0 Å². The van der Waals surface area contributed by atoms with Crippen molar-refractivity contribution in [2.45, 2.75) is 43.0 Å². The minimum atomic E-state index is -0.213. The van der Waals surface area contributed by atoms with Crippen molar-refractivity contribution in [3.05, 3.63) is 29.6 Å². The van der Waals surface area contributed by atoms with Crippen molar-refractivity contribution in [3.8, 4) is 0 Å². The lowest BCUT2D eigenvalue weighted by Crippen LogP contribution is -2.37. The SMILES string of the molecule is O=C(NC1CCSc2ccc(F)cc21)C1CC2CCC1C2. The summed E-state index contributed by atoms with van der Waals surface area (Å²) in [7, 11) is 0. The summed E-state index contributed by atoms with van der Waals surface area (Å²) in [6.45, 7) is 0. The Hall–Kier alpha value is -1.03. The molecule has 112 valence electrons. The van der Waals surface area contributed by atoms with Crippen molar-refractivity contribution >= 4 is 17.7 Å². The number of thioether (sulfide) groups is 1. The first-order valence-electron chi connectivity index (χ1n) is 7.93. The quantitative estimate of drug-likeness (QED) is 0.897. The monoisotopic (exact) mass is 305 g/mol. The van der Waals surface area contributed by atoms with E-state index >= 15 is 0 Å². The van der Waals surface area contributed by atoms with Gasteiger partial charge in [0.2, 0.25) is 5.91 Å². The summed E-state index contributed by atoms with van der Waals surface area (Å²) in [5.74, 6) is 2.55. The van der Waals surface area contributed by atoms with E-state index in [0.717, 1.165) is 35.0 Å². The fourth-order valence-corrected chi connectivity index (χ4v) is 5.47. The topological polar surface area (TPSA) is 29.1 Å². The number of hydrogen-bond acceptors (Lipinski definition) is 2. The number of hydrogen-bond donors (Lipinski definition) is 1. The van der Waals surface area contributed by atoms with E-state index in [4.69, 9.17) is 0 Å². The van der Waals surface area contributed by atoms with Crippen LogP contribution in [0, 0.1) is 23.6 Å². The number of halogens is 1. The van der Waals surface area contributed by atoms with Crippen LogP contribution in [0.1, 0.15) is 43.7 Å². The number of amides is 1. The number of fused-ring (bicyclic) bond motifs is 3. The van der Waals surface area contributed by atoms with Crippen molar-refractivity contribution in [1.82, 2.24) is 5.32 Å². The lowest BCUT2D eigenvalue weighted by molar-refractivity contribution is -0.127. The average molecular weight is 305 g/mol. The summed E-state index contributed by atoms with van der Waals surface area (Å²) in [4.78, 5) is 13.7. The summed E-state index contributed by atoms with van der Waals surface area (Å²) in [5, 5.41) is 3.21. The minimum Gasteiger partial charge on any atom is -0.349 e. The molecule has 0 saturated heterocycles. The first-order valence-corrected chi connectivity index (χ1v) is 8.92. The molecule has 1 N–H and O–H groups in total. The number of benzene rings is 1. The highest BCUT2D eigenvalue weighted by atomic mass is 32.2. The summed E-state index contributed by atoms with van der Waals surface area (Å²) >= 11 is 1.75. The number of nitrogens with one attached hydrogen (secondary N) is 1. The van der Waals surface area contributed by atoms with Gasteiger partial charge in [-0.1, -0.05) is 6.42 Å². The number of carbonyl (C=O) groups is 1. The van der Waals surface area contributed by atoms with Gasteiger partial charge in [0.25, 0.3) is 0 Å². The van der Waals surface area contributed by atoms with Crippen LogP contribution in [-0.4, -0.2) is 11.7 Å². The van der Waals surface area contributed by atoms with Gasteiger partial charge in [0, 0.05) is 16.6 Å². The lowest BCUT2D eigenvalue weighted by Gasteiger charge is -2.29. The van der Waals surface area contributed by atoms with Gasteiger partial charge in [-0.3, -0.25) is 4.79 Å². The van der Waals surface area contributed by atoms with E-state index in [9.17, 15) is 9.18 Å². The third-order valence-corrected chi connectivity index (χ3v) is 6.53. The van der Waals surface area contributed by atoms with E-state index in [1.807, 2.05) is 6.07 Å². The molecule has 4 rings (SSSR count). The summed E-state index contributed by atoms with van der Waals surface area (Å²) in [6.07, 6.45) is 5.72. The number of rotatable bonds is 2. The Bertz CT molecular complexity index is 576. The maximum absolute atomic E-state index is 13.5. The van der Waals surface area contributed by atoms with Gasteiger partial charge in [-0.25, -0.2) is 4.39 Å². The van der Waals surface area contributed by atoms with Crippen LogP contribution in [0.4, 0.5) is 4.39 Å². The molecule has 2 fully saturated rings. The van der Waals surface area contributed by atoms with Gasteiger partial charge in [-0.05, 0) is 61.3 Å². The van der Waals surface area contributed by atoms with Crippen LogP contribution >= 0.6 is 11.8 Å². The third-order valence-electron chi connectivity index (χ3n) is 5.40. The van der Waals surface area contributed by atoms with E-state index in [1.165, 1.54) is 25.3 Å². The molecule has 21 heavy (non-hydrogen) atoms. The van der Waals surface area contributed by atoms with Crippen LogP contribution in [-0.2, 0) is 4.79 Å². The molecule has 1 aliphatic heterocycles. The van der Waals surface area contributed by atoms with Crippen molar-refractivity contribution in [2.75, 3.05) is 5.75 Å². The molecule has 2 saturated carbocycles. The van der Waals surface area contributed by atoms with Crippen LogP contribution in [0.2, 0.25) is 0 Å². The molecule has 2 nitrogen and oxygen atoms in total. The largest absolute Gasteiger partial charge is 0.349 e. The van der Waals surface area contributed by atoms with Crippen molar-refractivity contribution in [3.63, 3.8) is 0 Å². The van der Waals surface area contributed by atoms with Gasteiger partial charge < -0.3 is 5.32 Å². The summed E-state index contributed by atoms with van der Waals surface area (Å²) in [6, 6.07) is 4.92. The van der Waals surface area contributed by atoms with Gasteiger partial charge in [0.15, 0.2) is 0 Å². The van der Waals surface area contributed by atoms with Gasteiger partial charge in [-0.2, -0.15) is 0 Å². The Balaban J connectivity index is 1.51. The first-order chi connectivity index (χ1) is 10.2. The van der Waals surface area contributed by atoms with E-state index in [1.54, 1.807) is 17.8 Å². The normalized spacial score (nSPS) is 33.8. The van der Waals surface area contributed by atoms with Crippen molar-refractivity contribution < 1.29 is 9.18 Å². The Morgan fingerprint density at radius 2 is 2.14 bits per heavy atom. The van der Waals surface area contributed by atoms with Gasteiger partial charge in [-0.15, -0.1) is 11.8 Å². The zero-order valence-electron chi connectivity index (χ0n) is 12.0. The lowest BCUT2D eigenvalue weighted by atomic mass is 9.87. The molecule has 0 radical (unpaired) electrons. The van der Waals surface area contributed by atoms with E-state index < -0.39 is 0 Å². The predicted molar refractivity (Wildman–Crippen MR) is 81.6 cm³/mol. The summed E-state index contributed by atoms with van der Waals surface area (Å²) in [5.41, 5.74) is 0.961. The van der Waals surface area contributed by atoms with Gasteiger partial charge in [0.05, 0.1) is 6.04 Å². The second-order valence-corrected chi connectivity index (χ2v) is 7.80. The standard InChI is InChI=1S/C17H20FNOS/c18-12-3-4-16-14(9-12)15(5-6-21-16)19-17(20)13-8-10-1-2-11(13)7-10/h3-4,9-11,13,15H,1-2,5-8H2,(H,19,20). The molecule has 1 heterocycles. The first kappa shape index (κ1) is 13.6. The van der Waals surface area contributed by atoms with Gasteiger partial charge in [0.1, 0.15) is 5.82 Å². The Morgan fingerprint density at radius 1 is 1.24 bits per heavy atom. The fourth-order valence-electron chi connectivity index (χ4n) is 4.36. The zero-order valence-corrected chi connectivity index (χ0v) is 12.8. The maximum atomic E-state index is 13.5. The molecular weight excluding hydrogens is 285 g/mol. The predicted octanol–water partition coefficient (Wildman–Crippen LogP) is 3.92. The van der Waals surface area contributed by atoms with Crippen molar-refractivity contribution in [1.29, 1.82) is 0 Å². The van der Waals surface area contributed by atoms with Gasteiger partial charge >= 0.3 is 0 Å². The maximum Gasteiger partial charge on any atom is 0.223 e. The Kier molecular flexibility index (Phi) is 3.44. The van der Waals surface area contributed by atoms with Crippen molar-refractivity contribution in [2.24, 2.45) is 17.8 Å². The minimum absolute atomic E-state index is 0.0106. The average Bonchev–Trinajstić information content (AvgIpc) is 3.10. The Morgan fingerprint density at radius 3 is 2.90 bits per heavy atom. The molecule has 0 aromatic heterocycles. The second-order valence-electron chi connectivity index (χ2n) is 6.66. The van der Waals surface area contributed by atoms with Crippen LogP contribution in [0.15, 0.2) is 23.1 Å². The molecule has 0 spiro atoms. The smallest absolute Gasteiger partial charge is 0.223 e. The molecular formula is C17H20FNOS. The third kappa shape index (κ3) is 2.48. The molecule has 2 bridgehead atoms. The highest BCUT2D eigenvalue weighted by molar-refractivity contribution is 7.99. The molecule has 4 atom stereocenters. The Labute approximate surface area is 128 Å². The molecule has 1 amide bonds. The molecule has 1 aromatic rings. The molecule has 3 aliphatic rings. The highest BCUT2D eigenvalue weighted by Gasteiger charge is 2.43. The molecule has 4 unspecified atom stereocenters. The number of carbonyl (C=O) groups excluding carboxylic acids is 1. The second kappa shape index (κ2) is 5.31. The molecule has 1 aromatic carbocycles. The fraction of sp³-hybridized carbons (Fsp3) is 0.588. The highest BCUT2D eigenvalue weighted by Crippen LogP contribution is 2.48. The molecule has 2 aliphatic carbocycles. The van der Waals surface area contributed by atoms with E-state index in [2.05, 4.69) is 5.32 Å². The van der Waals surface area contributed by atoms with Crippen LogP contribution < -0.4 is 5.32 Å². The summed E-state index contributed by atoms with van der Waals surface area (Å²) < 4.78 is 13.5. The van der Waals surface area contributed by atoms with E-state index in [-0.39, 0.29) is 23.7 Å². The van der Waals surface area contributed by atoms with Crippen LogP contribution in [0.3, 0.4) is 0 Å². The van der Waals surface area contributed by atoms with Crippen LogP contribution in [0.5, 0.6) is 0 Å². The molecule has 4 heteroatoms.